The average Bonchev–Trinajstić information content (AvgIpc) is 2.64. The molecule has 4 nitrogen and oxygen atoms in total. The molecule has 1 aromatic rings. The highest BCUT2D eigenvalue weighted by molar-refractivity contribution is 5.88. The molecule has 1 aliphatic carbocycles. The smallest absolute Gasteiger partial charge is 0.245 e. The molecule has 4 heteroatoms. The molecule has 1 saturated carbocycles. The molecule has 0 unspecified atom stereocenters. The Bertz CT molecular complexity index is 577. The van der Waals surface area contributed by atoms with Crippen molar-refractivity contribution in [1.29, 1.82) is 0 Å². The number of nitrogens with one attached hydrogen (secondary N) is 1. The highest BCUT2D eigenvalue weighted by Crippen LogP contribution is 2.28. The van der Waals surface area contributed by atoms with Crippen LogP contribution < -0.4 is 5.32 Å². The van der Waals surface area contributed by atoms with E-state index in [1.165, 1.54) is 0 Å². The maximum Gasteiger partial charge on any atom is 0.245 e. The first-order valence-electron chi connectivity index (χ1n) is 10.1. The predicted octanol–water partition coefficient (Wildman–Crippen LogP) is 4.00. The summed E-state index contributed by atoms with van der Waals surface area (Å²) in [6.07, 6.45) is 4.09. The van der Waals surface area contributed by atoms with Gasteiger partial charge < -0.3 is 10.2 Å². The van der Waals surface area contributed by atoms with Crippen LogP contribution in [-0.4, -0.2) is 29.3 Å². The van der Waals surface area contributed by atoms with Gasteiger partial charge in [-0.15, -0.1) is 0 Å². The normalized spacial score (nSPS) is 21.3. The summed E-state index contributed by atoms with van der Waals surface area (Å²) in [4.78, 5) is 27.6. The lowest BCUT2D eigenvalue weighted by Gasteiger charge is -2.31. The summed E-state index contributed by atoms with van der Waals surface area (Å²) in [5, 5.41) is 3.07. The highest BCUT2D eigenvalue weighted by atomic mass is 16.2. The van der Waals surface area contributed by atoms with Crippen molar-refractivity contribution in [3.05, 3.63) is 35.9 Å². The second-order valence-electron chi connectivity index (χ2n) is 8.03. The van der Waals surface area contributed by atoms with Crippen molar-refractivity contribution >= 4 is 11.8 Å². The van der Waals surface area contributed by atoms with Crippen molar-refractivity contribution in [2.75, 3.05) is 6.54 Å². The van der Waals surface area contributed by atoms with E-state index in [-0.39, 0.29) is 23.7 Å². The molecule has 0 aliphatic heterocycles. The third-order valence-electron chi connectivity index (χ3n) is 5.53. The van der Waals surface area contributed by atoms with E-state index in [1.807, 2.05) is 56.0 Å². The molecule has 0 radical (unpaired) electrons. The molecule has 1 aliphatic rings. The first-order valence-corrected chi connectivity index (χ1v) is 10.1. The molecular formula is C22H34N2O2. The van der Waals surface area contributed by atoms with Gasteiger partial charge in [0.25, 0.3) is 0 Å². The fourth-order valence-electron chi connectivity index (χ4n) is 3.65. The SMILES string of the molecule is CCN(Cc1ccccc1)C(=O)[C@H](NC(=O)C1CCC(C)CC1)C(C)C. The van der Waals surface area contributed by atoms with Gasteiger partial charge in [0.2, 0.25) is 11.8 Å². The van der Waals surface area contributed by atoms with E-state index in [0.717, 1.165) is 31.2 Å². The lowest BCUT2D eigenvalue weighted by molar-refractivity contribution is -0.139. The number of carbonyl (C=O) groups excluding carboxylic acids is 2. The van der Waals surface area contributed by atoms with Crippen LogP contribution in [0, 0.1) is 17.8 Å². The van der Waals surface area contributed by atoms with E-state index >= 15 is 0 Å². The minimum absolute atomic E-state index is 0.0175. The lowest BCUT2D eigenvalue weighted by atomic mass is 9.82. The van der Waals surface area contributed by atoms with Gasteiger partial charge in [0.1, 0.15) is 6.04 Å². The molecule has 0 bridgehead atoms. The zero-order valence-corrected chi connectivity index (χ0v) is 16.7. The number of benzene rings is 1. The lowest BCUT2D eigenvalue weighted by Crippen LogP contribution is -2.52. The summed E-state index contributed by atoms with van der Waals surface area (Å²) in [5.41, 5.74) is 1.11. The largest absolute Gasteiger partial charge is 0.344 e. The van der Waals surface area contributed by atoms with E-state index in [9.17, 15) is 9.59 Å². The Balaban J connectivity index is 2.02. The quantitative estimate of drug-likeness (QED) is 0.801. The standard InChI is InChI=1S/C22H34N2O2/c1-5-24(15-18-9-7-6-8-10-18)22(26)20(16(2)3)23-21(25)19-13-11-17(4)12-14-19/h6-10,16-17,19-20H,5,11-15H2,1-4H3,(H,23,25)/t17?,19?,20-/m1/s1. The van der Waals surface area contributed by atoms with Crippen molar-refractivity contribution in [2.45, 2.75) is 66.0 Å². The molecule has 26 heavy (non-hydrogen) atoms. The number of likely N-dealkylation sites (N-methyl/N-ethyl adjacent to an activating group) is 1. The molecule has 0 spiro atoms. The van der Waals surface area contributed by atoms with E-state index in [0.29, 0.717) is 19.0 Å². The van der Waals surface area contributed by atoms with Crippen molar-refractivity contribution in [2.24, 2.45) is 17.8 Å². The van der Waals surface area contributed by atoms with Gasteiger partial charge in [-0.3, -0.25) is 9.59 Å². The van der Waals surface area contributed by atoms with Crippen LogP contribution in [0.3, 0.4) is 0 Å². The van der Waals surface area contributed by atoms with E-state index in [1.54, 1.807) is 0 Å². The van der Waals surface area contributed by atoms with Gasteiger partial charge in [0.15, 0.2) is 0 Å². The van der Waals surface area contributed by atoms with Crippen LogP contribution in [0.1, 0.15) is 58.9 Å². The fraction of sp³-hybridized carbons (Fsp3) is 0.636. The zero-order valence-electron chi connectivity index (χ0n) is 16.7. The van der Waals surface area contributed by atoms with Crippen LogP contribution in [0.25, 0.3) is 0 Å². The van der Waals surface area contributed by atoms with Crippen LogP contribution >= 0.6 is 0 Å². The Kier molecular flexibility index (Phi) is 7.67. The maximum absolute atomic E-state index is 13.1. The maximum atomic E-state index is 13.1. The topological polar surface area (TPSA) is 49.4 Å². The number of hydrogen-bond donors (Lipinski definition) is 1. The summed E-state index contributed by atoms with van der Waals surface area (Å²) in [7, 11) is 0. The first-order chi connectivity index (χ1) is 12.4. The predicted molar refractivity (Wildman–Crippen MR) is 105 cm³/mol. The molecule has 1 atom stereocenters. The Hall–Kier alpha value is -1.84. The number of rotatable bonds is 7. The number of nitrogens with zero attached hydrogens (tertiary/aromatic N) is 1. The fourth-order valence-corrected chi connectivity index (χ4v) is 3.65. The summed E-state index contributed by atoms with van der Waals surface area (Å²) in [6.45, 7) is 9.45. The van der Waals surface area contributed by atoms with Crippen LogP contribution in [0.2, 0.25) is 0 Å². The molecule has 1 aromatic carbocycles. The second-order valence-corrected chi connectivity index (χ2v) is 8.03. The monoisotopic (exact) mass is 358 g/mol. The Labute approximate surface area is 158 Å². The van der Waals surface area contributed by atoms with Crippen molar-refractivity contribution in [3.63, 3.8) is 0 Å². The molecule has 144 valence electrons. The summed E-state index contributed by atoms with van der Waals surface area (Å²) in [6, 6.07) is 9.55. The third kappa shape index (κ3) is 5.58. The molecule has 0 saturated heterocycles. The number of hydrogen-bond acceptors (Lipinski definition) is 2. The Morgan fingerprint density at radius 3 is 2.27 bits per heavy atom. The molecule has 2 amide bonds. The van der Waals surface area contributed by atoms with Gasteiger partial charge in [-0.2, -0.15) is 0 Å². The van der Waals surface area contributed by atoms with Gasteiger partial charge in [0.05, 0.1) is 0 Å². The zero-order chi connectivity index (χ0) is 19.1. The minimum Gasteiger partial charge on any atom is -0.344 e. The van der Waals surface area contributed by atoms with Gasteiger partial charge in [0, 0.05) is 19.0 Å². The molecule has 0 aromatic heterocycles. The van der Waals surface area contributed by atoms with E-state index in [4.69, 9.17) is 0 Å². The Morgan fingerprint density at radius 2 is 1.73 bits per heavy atom. The first kappa shape index (κ1) is 20.5. The van der Waals surface area contributed by atoms with Crippen LogP contribution in [0.4, 0.5) is 0 Å². The van der Waals surface area contributed by atoms with Gasteiger partial charge in [-0.05, 0) is 50.0 Å². The average molecular weight is 359 g/mol. The molecular weight excluding hydrogens is 324 g/mol. The van der Waals surface area contributed by atoms with Gasteiger partial charge in [-0.1, -0.05) is 51.1 Å². The number of carbonyl (C=O) groups is 2. The summed E-state index contributed by atoms with van der Waals surface area (Å²) in [5.74, 6) is 0.912. The van der Waals surface area contributed by atoms with Crippen molar-refractivity contribution in [3.8, 4) is 0 Å². The molecule has 1 fully saturated rings. The van der Waals surface area contributed by atoms with Crippen molar-refractivity contribution < 1.29 is 9.59 Å². The van der Waals surface area contributed by atoms with Gasteiger partial charge in [-0.25, -0.2) is 0 Å². The molecule has 2 rings (SSSR count). The third-order valence-corrected chi connectivity index (χ3v) is 5.53. The van der Waals surface area contributed by atoms with Crippen LogP contribution in [0.5, 0.6) is 0 Å². The number of amides is 2. The second kappa shape index (κ2) is 9.75. The van der Waals surface area contributed by atoms with E-state index in [2.05, 4.69) is 12.2 Å². The van der Waals surface area contributed by atoms with E-state index < -0.39 is 6.04 Å². The molecule has 1 N–H and O–H groups in total. The summed E-state index contributed by atoms with van der Waals surface area (Å²) >= 11 is 0. The molecule has 0 heterocycles. The highest BCUT2D eigenvalue weighted by Gasteiger charge is 2.31. The summed E-state index contributed by atoms with van der Waals surface area (Å²) < 4.78 is 0. The minimum atomic E-state index is -0.453. The van der Waals surface area contributed by atoms with Crippen LogP contribution in [0.15, 0.2) is 30.3 Å². The van der Waals surface area contributed by atoms with Gasteiger partial charge >= 0.3 is 0 Å². The van der Waals surface area contributed by atoms with Crippen LogP contribution in [-0.2, 0) is 16.1 Å². The van der Waals surface area contributed by atoms with Crippen molar-refractivity contribution in [1.82, 2.24) is 10.2 Å². The Morgan fingerprint density at radius 1 is 1.12 bits per heavy atom.